The van der Waals surface area contributed by atoms with Crippen molar-refractivity contribution in [3.8, 4) is 23.2 Å². The first-order chi connectivity index (χ1) is 27.0. The van der Waals surface area contributed by atoms with E-state index >= 15 is 30.7 Å². The third kappa shape index (κ3) is 6.62. The molecular formula is C36H31F8N9O3S. The first-order valence-corrected chi connectivity index (χ1v) is 18.5. The molecule has 8 rings (SSSR count). The number of alkyl halides is 7. The highest BCUT2D eigenvalue weighted by molar-refractivity contribution is 7.23. The van der Waals surface area contributed by atoms with E-state index in [-0.39, 0.29) is 68.9 Å². The predicted molar refractivity (Wildman–Crippen MR) is 191 cm³/mol. The SMILES string of the molecule is N#Cc1c(N)sc2c(F)ccc(-c3c(C(F)(F)F)cc4c(N5CCn6nc(C(=O)NCCO)cc6C5)nc(OC[C@@]56CCCN5C[C@H](F)C6)nc4c3C(F)(F)F)c12. The summed E-state index contributed by atoms with van der Waals surface area (Å²) in [6.07, 6.45) is -10.8. The number of aromatic nitrogens is 4. The van der Waals surface area contributed by atoms with Crippen LogP contribution < -0.4 is 20.7 Å². The standard InChI is InChI=1S/C36H31F8N9O3S/c37-17-12-34(4-1-6-52(34)14-17)16-56-33-48-28-20(31(49-33)51-7-8-53-18(15-51)10-24(50-53)32(55)47-5-9-54)11-22(35(39,40)41)26(27(28)36(42,43)44)19-2-3-23(38)29-25(19)21(13-45)30(46)57-29/h2-3,10-11,17,54H,1,4-9,12,14-16,46H2,(H,47,55)/t17-,34+/m1/s1. The summed E-state index contributed by atoms with van der Waals surface area (Å²) in [5, 5.41) is 24.2. The van der Waals surface area contributed by atoms with E-state index in [0.717, 1.165) is 6.07 Å². The zero-order valence-electron chi connectivity index (χ0n) is 29.6. The molecule has 4 N–H and O–H groups in total. The molecule has 0 spiro atoms. The molecule has 0 radical (unpaired) electrons. The monoisotopic (exact) mass is 821 g/mol. The number of nitrogens with one attached hydrogen (secondary N) is 1. The summed E-state index contributed by atoms with van der Waals surface area (Å²) in [7, 11) is 0. The van der Waals surface area contributed by atoms with Crippen LogP contribution in [0.4, 0.5) is 45.9 Å². The number of nitrogens with two attached hydrogens (primary N) is 1. The summed E-state index contributed by atoms with van der Waals surface area (Å²) in [5.41, 5.74) is -1.72. The molecular weight excluding hydrogens is 791 g/mol. The molecule has 1 amide bonds. The van der Waals surface area contributed by atoms with Crippen molar-refractivity contribution in [3.63, 3.8) is 0 Å². The minimum Gasteiger partial charge on any atom is -0.461 e. The molecule has 0 unspecified atom stereocenters. The Morgan fingerprint density at radius 2 is 1.93 bits per heavy atom. The largest absolute Gasteiger partial charge is 0.461 e. The van der Waals surface area contributed by atoms with Crippen LogP contribution in [0.5, 0.6) is 6.01 Å². The average molecular weight is 822 g/mol. The Bertz CT molecular complexity index is 2480. The number of hydrogen-bond donors (Lipinski definition) is 3. The van der Waals surface area contributed by atoms with Crippen molar-refractivity contribution in [1.82, 2.24) is 30.0 Å². The number of amides is 1. The molecule has 2 saturated heterocycles. The number of aliphatic hydroxyl groups excluding tert-OH is 1. The molecule has 2 atom stereocenters. The maximum absolute atomic E-state index is 15.7. The number of carbonyl (C=O) groups is 1. The van der Waals surface area contributed by atoms with E-state index in [1.807, 2.05) is 4.90 Å². The number of thiophene rings is 1. The van der Waals surface area contributed by atoms with Gasteiger partial charge in [0.2, 0.25) is 0 Å². The second-order valence-corrected chi connectivity index (χ2v) is 15.2. The third-order valence-corrected chi connectivity index (χ3v) is 11.7. The number of rotatable bonds is 8. The Balaban J connectivity index is 1.37. The van der Waals surface area contributed by atoms with Crippen molar-refractivity contribution in [2.24, 2.45) is 0 Å². The molecule has 5 aromatic rings. The smallest absolute Gasteiger partial charge is 0.419 e. The first-order valence-electron chi connectivity index (χ1n) is 17.7. The van der Waals surface area contributed by atoms with Gasteiger partial charge < -0.3 is 25.8 Å². The quantitative estimate of drug-likeness (QED) is 0.158. The van der Waals surface area contributed by atoms with Crippen LogP contribution in [-0.4, -0.2) is 86.8 Å². The minimum absolute atomic E-state index is 0.0280. The Morgan fingerprint density at radius 3 is 2.65 bits per heavy atom. The number of nitriles is 1. The number of carbonyl (C=O) groups excluding carboxylic acids is 1. The molecule has 0 saturated carbocycles. The molecule has 6 heterocycles. The number of fused-ring (bicyclic) bond motifs is 4. The van der Waals surface area contributed by atoms with Crippen LogP contribution in [0.1, 0.15) is 52.1 Å². The van der Waals surface area contributed by atoms with Crippen molar-refractivity contribution in [2.75, 3.05) is 50.0 Å². The second kappa shape index (κ2) is 13.9. The number of nitrogens with zero attached hydrogens (tertiary/aromatic N) is 7. The lowest BCUT2D eigenvalue weighted by Crippen LogP contribution is -2.43. The van der Waals surface area contributed by atoms with Gasteiger partial charge in [0.15, 0.2) is 5.69 Å². The van der Waals surface area contributed by atoms with Gasteiger partial charge in [-0.05, 0) is 43.1 Å². The average Bonchev–Trinajstić information content (AvgIpc) is 3.91. The number of anilines is 2. The van der Waals surface area contributed by atoms with Gasteiger partial charge >= 0.3 is 18.4 Å². The highest BCUT2D eigenvalue weighted by Gasteiger charge is 2.50. The van der Waals surface area contributed by atoms with Gasteiger partial charge in [-0.15, -0.1) is 11.3 Å². The summed E-state index contributed by atoms with van der Waals surface area (Å²) < 4.78 is 130. The molecule has 57 heavy (non-hydrogen) atoms. The fourth-order valence-electron chi connectivity index (χ4n) is 8.29. The summed E-state index contributed by atoms with van der Waals surface area (Å²) >= 11 is 0.512. The van der Waals surface area contributed by atoms with Gasteiger partial charge in [0.25, 0.3) is 5.91 Å². The van der Waals surface area contributed by atoms with E-state index in [9.17, 15) is 14.4 Å². The van der Waals surface area contributed by atoms with Crippen molar-refractivity contribution < 1.29 is 49.8 Å². The van der Waals surface area contributed by atoms with E-state index in [1.54, 1.807) is 6.07 Å². The Hall–Kier alpha value is -5.33. The van der Waals surface area contributed by atoms with Crippen LogP contribution in [0, 0.1) is 17.1 Å². The number of benzene rings is 2. The van der Waals surface area contributed by atoms with Gasteiger partial charge in [-0.3, -0.25) is 14.4 Å². The van der Waals surface area contributed by atoms with Crippen molar-refractivity contribution in [1.29, 1.82) is 5.26 Å². The molecule has 300 valence electrons. The van der Waals surface area contributed by atoms with Crippen LogP contribution in [-0.2, 0) is 25.4 Å². The van der Waals surface area contributed by atoms with Gasteiger partial charge in [0.1, 0.15) is 35.5 Å². The van der Waals surface area contributed by atoms with Crippen LogP contribution in [0.15, 0.2) is 24.3 Å². The molecule has 12 nitrogen and oxygen atoms in total. The van der Waals surface area contributed by atoms with E-state index in [4.69, 9.17) is 15.6 Å². The molecule has 0 aliphatic carbocycles. The Morgan fingerprint density at radius 1 is 1.14 bits per heavy atom. The van der Waals surface area contributed by atoms with Crippen LogP contribution in [0.25, 0.3) is 32.1 Å². The van der Waals surface area contributed by atoms with E-state index in [1.165, 1.54) is 15.6 Å². The highest BCUT2D eigenvalue weighted by atomic mass is 32.1. The van der Waals surface area contributed by atoms with Crippen LogP contribution in [0.3, 0.4) is 0 Å². The topological polar surface area (TPSA) is 158 Å². The van der Waals surface area contributed by atoms with E-state index < -0.39 is 90.6 Å². The van der Waals surface area contributed by atoms with Gasteiger partial charge in [-0.1, -0.05) is 6.07 Å². The van der Waals surface area contributed by atoms with E-state index in [0.29, 0.717) is 48.5 Å². The van der Waals surface area contributed by atoms with Gasteiger partial charge in [-0.2, -0.15) is 46.7 Å². The lowest BCUT2D eigenvalue weighted by molar-refractivity contribution is -0.141. The highest BCUT2D eigenvalue weighted by Crippen LogP contribution is 2.52. The third-order valence-electron chi connectivity index (χ3n) is 10.7. The van der Waals surface area contributed by atoms with Gasteiger partial charge in [0, 0.05) is 42.4 Å². The first kappa shape index (κ1) is 38.5. The molecule has 0 bridgehead atoms. The maximum atomic E-state index is 15.7. The fraction of sp³-hybridized carbons (Fsp3) is 0.417. The van der Waals surface area contributed by atoms with Crippen LogP contribution >= 0.6 is 11.3 Å². The number of halogens is 8. The summed E-state index contributed by atoms with van der Waals surface area (Å²) in [5.74, 6) is -1.97. The number of aliphatic hydroxyl groups is 1. The lowest BCUT2D eigenvalue weighted by atomic mass is 9.88. The zero-order chi connectivity index (χ0) is 40.6. The van der Waals surface area contributed by atoms with Gasteiger partial charge in [0.05, 0.1) is 57.8 Å². The zero-order valence-corrected chi connectivity index (χ0v) is 30.4. The van der Waals surface area contributed by atoms with E-state index in [2.05, 4.69) is 20.4 Å². The maximum Gasteiger partial charge on any atom is 0.419 e. The minimum atomic E-state index is -5.54. The lowest BCUT2D eigenvalue weighted by Gasteiger charge is -2.32. The number of ether oxygens (including phenoxy) is 1. The van der Waals surface area contributed by atoms with Crippen molar-refractivity contribution in [2.45, 2.75) is 56.4 Å². The molecule has 3 aliphatic heterocycles. The van der Waals surface area contributed by atoms with Gasteiger partial charge in [-0.25, -0.2) is 8.78 Å². The number of nitrogen functional groups attached to an aromatic ring is 1. The molecule has 2 aromatic carbocycles. The fourth-order valence-corrected chi connectivity index (χ4v) is 9.24. The summed E-state index contributed by atoms with van der Waals surface area (Å²) in [6.45, 7) is -0.0651. The number of hydrogen-bond acceptors (Lipinski definition) is 11. The Kier molecular flexibility index (Phi) is 9.43. The Labute approximate surface area is 321 Å². The predicted octanol–water partition coefficient (Wildman–Crippen LogP) is 6.04. The summed E-state index contributed by atoms with van der Waals surface area (Å²) in [4.78, 5) is 24.4. The van der Waals surface area contributed by atoms with Crippen molar-refractivity contribution >= 4 is 49.1 Å². The normalized spacial score (nSPS) is 19.9. The molecule has 2 fully saturated rings. The molecule has 3 aliphatic rings. The molecule has 3 aromatic heterocycles. The molecule has 21 heteroatoms. The van der Waals surface area contributed by atoms with Crippen LogP contribution in [0.2, 0.25) is 0 Å². The summed E-state index contributed by atoms with van der Waals surface area (Å²) in [6, 6.07) is 4.44. The van der Waals surface area contributed by atoms with Crippen molar-refractivity contribution in [3.05, 3.63) is 58.2 Å². The second-order valence-electron chi connectivity index (χ2n) is 14.2.